The SMILES string of the molecule is CCO[Si](CCCN(CCN=C([S-])[S-])C(=S)S)(OCC)OCC.[K+].[K+]. The Bertz CT molecular complexity index is 364. The summed E-state index contributed by atoms with van der Waals surface area (Å²) in [5.74, 6) is 0. The Hall–Kier alpha value is 3.72. The fourth-order valence-electron chi connectivity index (χ4n) is 2.05. The van der Waals surface area contributed by atoms with E-state index in [1.165, 1.54) is 0 Å². The molecule has 0 fully saturated rings. The Morgan fingerprint density at radius 2 is 1.52 bits per heavy atom. The molecule has 0 unspecified atom stereocenters. The van der Waals surface area contributed by atoms with Crippen LogP contribution in [0.2, 0.25) is 6.04 Å². The van der Waals surface area contributed by atoms with Crippen LogP contribution in [0.5, 0.6) is 0 Å². The summed E-state index contributed by atoms with van der Waals surface area (Å²) in [4.78, 5) is 6.01. The largest absolute Gasteiger partial charge is 1.00 e. The van der Waals surface area contributed by atoms with Crippen LogP contribution in [0.3, 0.4) is 0 Å². The van der Waals surface area contributed by atoms with Crippen LogP contribution in [0.25, 0.3) is 0 Å². The third kappa shape index (κ3) is 17.1. The molecule has 0 aromatic rings. The molecule has 0 aliphatic heterocycles. The van der Waals surface area contributed by atoms with E-state index < -0.39 is 8.80 Å². The van der Waals surface area contributed by atoms with E-state index in [1.54, 1.807) is 0 Å². The van der Waals surface area contributed by atoms with Gasteiger partial charge in [-0.1, -0.05) is 12.2 Å². The van der Waals surface area contributed by atoms with Crippen molar-refractivity contribution < 1.29 is 116 Å². The minimum absolute atomic E-state index is 0. The van der Waals surface area contributed by atoms with Gasteiger partial charge >= 0.3 is 112 Å². The van der Waals surface area contributed by atoms with Gasteiger partial charge in [0.1, 0.15) is 4.32 Å². The molecular weight excluding hydrogens is 467 g/mol. The third-order valence-corrected chi connectivity index (χ3v) is 6.84. The summed E-state index contributed by atoms with van der Waals surface area (Å²) in [6.07, 6.45) is 0.839. The first kappa shape index (κ1) is 33.4. The zero-order valence-corrected chi connectivity index (χ0v) is 26.5. The zero-order valence-electron chi connectivity index (χ0n) is 15.9. The van der Waals surface area contributed by atoms with Crippen LogP contribution < -0.4 is 103 Å². The van der Waals surface area contributed by atoms with Crippen LogP contribution >= 0.6 is 24.8 Å². The van der Waals surface area contributed by atoms with Gasteiger partial charge in [-0.05, 0) is 27.2 Å². The van der Waals surface area contributed by atoms with E-state index in [0.717, 1.165) is 19.0 Å². The zero-order chi connectivity index (χ0) is 17.7. The minimum atomic E-state index is -2.60. The number of hydrogen-bond donors (Lipinski definition) is 1. The maximum Gasteiger partial charge on any atom is 1.00 e. The van der Waals surface area contributed by atoms with Crippen molar-refractivity contribution in [2.24, 2.45) is 4.99 Å². The monoisotopic (exact) mass is 492 g/mol. The molecule has 136 valence electrons. The van der Waals surface area contributed by atoms with E-state index in [4.69, 9.17) is 50.8 Å². The number of thiol groups is 1. The molecule has 5 nitrogen and oxygen atoms in total. The molecule has 0 spiro atoms. The molecule has 0 aromatic carbocycles. The summed E-state index contributed by atoms with van der Waals surface area (Å²) in [7, 11) is -2.60. The van der Waals surface area contributed by atoms with Gasteiger partial charge in [0, 0.05) is 39.0 Å². The van der Waals surface area contributed by atoms with Gasteiger partial charge in [0.15, 0.2) is 0 Å². The van der Waals surface area contributed by atoms with Crippen LogP contribution in [-0.4, -0.2) is 61.9 Å². The smallest absolute Gasteiger partial charge is 0.789 e. The maximum absolute atomic E-state index is 5.84. The van der Waals surface area contributed by atoms with Crippen molar-refractivity contribution in [3.63, 3.8) is 0 Å². The fraction of sp³-hybridized carbons (Fsp3) is 0.846. The van der Waals surface area contributed by atoms with E-state index in [9.17, 15) is 0 Å². The molecule has 25 heavy (non-hydrogen) atoms. The van der Waals surface area contributed by atoms with Gasteiger partial charge in [-0.2, -0.15) is 0 Å². The Labute approximate surface area is 261 Å². The molecule has 0 N–H and O–H groups in total. The molecule has 0 bridgehead atoms. The van der Waals surface area contributed by atoms with Crippen molar-refractivity contribution in [2.45, 2.75) is 33.2 Å². The second-order valence-corrected chi connectivity index (χ2v) is 9.38. The van der Waals surface area contributed by atoms with Gasteiger partial charge < -0.3 is 48.4 Å². The van der Waals surface area contributed by atoms with Crippen LogP contribution in [0, 0.1) is 0 Å². The van der Waals surface area contributed by atoms with Crippen molar-refractivity contribution in [1.29, 1.82) is 0 Å². The first-order chi connectivity index (χ1) is 10.9. The van der Waals surface area contributed by atoms with Gasteiger partial charge in [-0.15, -0.1) is 12.6 Å². The van der Waals surface area contributed by atoms with Gasteiger partial charge in [-0.3, -0.25) is 0 Å². The molecule has 0 saturated heterocycles. The topological polar surface area (TPSA) is 43.3 Å². The predicted molar refractivity (Wildman–Crippen MR) is 110 cm³/mol. The van der Waals surface area contributed by atoms with Crippen molar-refractivity contribution >= 4 is 67.6 Å². The summed E-state index contributed by atoms with van der Waals surface area (Å²) in [5, 5.41) is 0. The van der Waals surface area contributed by atoms with Gasteiger partial charge in [0.2, 0.25) is 0 Å². The molecule has 0 aromatic heterocycles. The van der Waals surface area contributed by atoms with E-state index in [0.29, 0.717) is 37.2 Å². The van der Waals surface area contributed by atoms with Gasteiger partial charge in [0.05, 0.1) is 6.54 Å². The standard InChI is InChI=1S/C13H28N2O3S4Si.2K/c1-4-16-23(17-5-2,18-6-3)11-7-9-15(13(21)22)10-8-14-12(19)20;;/h4-11H2,1-3H3,(H,21,22)(H2,14,19,20);;/q;2*+1/p-2. The average molecular weight is 493 g/mol. The average Bonchev–Trinajstić information content (AvgIpc) is 2.46. The Morgan fingerprint density at radius 1 is 1.04 bits per heavy atom. The van der Waals surface area contributed by atoms with Crippen LogP contribution in [0.4, 0.5) is 0 Å². The number of nitrogens with zero attached hydrogens (tertiary/aromatic N) is 2. The molecule has 0 aliphatic carbocycles. The van der Waals surface area contributed by atoms with E-state index in [-0.39, 0.29) is 107 Å². The molecule has 0 atom stereocenters. The second kappa shape index (κ2) is 21.0. The molecule has 0 radical (unpaired) electrons. The van der Waals surface area contributed by atoms with Crippen molar-refractivity contribution in [2.75, 3.05) is 39.5 Å². The first-order valence-corrected chi connectivity index (χ1v) is 11.3. The molecule has 0 saturated carbocycles. The number of aliphatic imine (C=N–C) groups is 1. The van der Waals surface area contributed by atoms with E-state index in [2.05, 4.69) is 17.6 Å². The molecule has 0 heterocycles. The Morgan fingerprint density at radius 3 is 1.88 bits per heavy atom. The number of thiocarbonyl (C=S) groups is 1. The summed E-state index contributed by atoms with van der Waals surface area (Å²) in [6, 6.07) is 0.742. The van der Waals surface area contributed by atoms with Gasteiger partial charge in [-0.25, -0.2) is 4.38 Å². The normalized spacial score (nSPS) is 10.4. The Kier molecular flexibility index (Phi) is 28.0. The van der Waals surface area contributed by atoms with Crippen LogP contribution in [0.1, 0.15) is 27.2 Å². The van der Waals surface area contributed by atoms with Gasteiger partial charge in [0.25, 0.3) is 0 Å². The third-order valence-electron chi connectivity index (χ3n) is 2.89. The van der Waals surface area contributed by atoms with Crippen LogP contribution in [0.15, 0.2) is 4.99 Å². The summed E-state index contributed by atoms with van der Waals surface area (Å²) in [6.45, 7) is 9.50. The van der Waals surface area contributed by atoms with E-state index in [1.807, 2.05) is 25.7 Å². The van der Waals surface area contributed by atoms with Crippen LogP contribution in [-0.2, 0) is 38.5 Å². The fourth-order valence-corrected chi connectivity index (χ4v) is 5.21. The molecule has 0 rings (SSSR count). The van der Waals surface area contributed by atoms with Crippen molar-refractivity contribution in [1.82, 2.24) is 4.90 Å². The summed E-state index contributed by atoms with van der Waals surface area (Å²) < 4.78 is 18.3. The maximum atomic E-state index is 5.84. The number of rotatable bonds is 13. The molecule has 0 amide bonds. The molecule has 0 aliphatic rings. The summed E-state index contributed by atoms with van der Waals surface area (Å²) >= 11 is 19.0. The summed E-state index contributed by atoms with van der Waals surface area (Å²) in [5.41, 5.74) is 0. The molecular formula is C13H26K2N2O3S4Si. The molecule has 12 heteroatoms. The predicted octanol–water partition coefficient (Wildman–Crippen LogP) is -3.60. The van der Waals surface area contributed by atoms with Crippen molar-refractivity contribution in [3.8, 4) is 0 Å². The number of hydrogen-bond acceptors (Lipinski definition) is 7. The Balaban J connectivity index is -0.00000242. The quantitative estimate of drug-likeness (QED) is 0.0712. The van der Waals surface area contributed by atoms with Crippen molar-refractivity contribution in [3.05, 3.63) is 0 Å². The van der Waals surface area contributed by atoms with E-state index >= 15 is 0 Å². The first-order valence-electron chi connectivity index (χ1n) is 7.69. The minimum Gasteiger partial charge on any atom is -0.789 e. The second-order valence-electron chi connectivity index (χ2n) is 4.50.